The van der Waals surface area contributed by atoms with Gasteiger partial charge in [0.15, 0.2) is 0 Å². The standard InChI is InChI=1S/2C8H15.C4H9N.C3H7.Nb/c2*1-2-8-6-4-3-5-7-8;1-4(2,3)5;1-3-2;/h2*3,8H,2,4-7H2,1H3;1-3H3;1,3H2,2H3;/q2*-1;;-1;. The first-order valence-corrected chi connectivity index (χ1v) is 11.6. The van der Waals surface area contributed by atoms with Crippen LogP contribution in [0.2, 0.25) is 0 Å². The Hall–Kier alpha value is 0.540. The Morgan fingerprint density at radius 1 is 0.840 bits per heavy atom. The van der Waals surface area contributed by atoms with Crippen LogP contribution < -0.4 is 0 Å². The van der Waals surface area contributed by atoms with Gasteiger partial charge in [-0.2, -0.15) is 32.1 Å². The summed E-state index contributed by atoms with van der Waals surface area (Å²) in [4.78, 5) is 0. The van der Waals surface area contributed by atoms with Crippen molar-refractivity contribution in [2.24, 2.45) is 15.2 Å². The van der Waals surface area contributed by atoms with Crippen LogP contribution in [0.15, 0.2) is 3.34 Å². The number of rotatable bonds is 2. The summed E-state index contributed by atoms with van der Waals surface area (Å²) in [6.07, 6.45) is 20.0. The van der Waals surface area contributed by atoms with E-state index < -0.39 is 0 Å². The topological polar surface area (TPSA) is 12.4 Å². The average Bonchev–Trinajstić information content (AvgIpc) is 2.64. The van der Waals surface area contributed by atoms with Crippen molar-refractivity contribution in [1.82, 2.24) is 0 Å². The minimum atomic E-state index is 0.189. The molecule has 0 bridgehead atoms. The van der Waals surface area contributed by atoms with Crippen LogP contribution >= 0.6 is 0 Å². The Balaban J connectivity index is 0. The molecule has 0 saturated heterocycles. The van der Waals surface area contributed by atoms with Crippen LogP contribution in [0.5, 0.6) is 0 Å². The summed E-state index contributed by atoms with van der Waals surface area (Å²) in [6.45, 7) is 16.4. The van der Waals surface area contributed by atoms with E-state index in [-0.39, 0.29) is 5.54 Å². The molecular weight excluding hydrogens is 383 g/mol. The molecule has 0 spiro atoms. The molecule has 0 unspecified atom stereocenters. The molecule has 0 radical (unpaired) electrons. The van der Waals surface area contributed by atoms with Crippen LogP contribution in [0.4, 0.5) is 0 Å². The molecule has 2 heteroatoms. The van der Waals surface area contributed by atoms with Gasteiger partial charge in [0.1, 0.15) is 0 Å². The summed E-state index contributed by atoms with van der Waals surface area (Å²) in [5, 5.41) is 0. The summed E-state index contributed by atoms with van der Waals surface area (Å²) in [5.41, 5.74) is 0.189. The van der Waals surface area contributed by atoms with Crippen molar-refractivity contribution >= 4 is 0 Å². The van der Waals surface area contributed by atoms with Gasteiger partial charge in [-0.1, -0.05) is 59.3 Å². The zero-order valence-electron chi connectivity index (χ0n) is 18.2. The zero-order chi connectivity index (χ0) is 19.6. The van der Waals surface area contributed by atoms with Crippen molar-refractivity contribution in [3.63, 3.8) is 0 Å². The van der Waals surface area contributed by atoms with E-state index in [1.54, 1.807) is 0 Å². The van der Waals surface area contributed by atoms with Crippen LogP contribution in [0.3, 0.4) is 0 Å². The third-order valence-electron chi connectivity index (χ3n) is 4.57. The number of hydrogen-bond donors (Lipinski definition) is 0. The Bertz CT molecular complexity index is 240. The van der Waals surface area contributed by atoms with E-state index in [2.05, 4.69) is 57.7 Å². The van der Waals surface area contributed by atoms with E-state index in [1.165, 1.54) is 85.1 Å². The molecule has 151 valence electrons. The van der Waals surface area contributed by atoms with Gasteiger partial charge in [0.2, 0.25) is 0 Å². The van der Waals surface area contributed by atoms with Gasteiger partial charge in [0.05, 0.1) is 0 Å². The molecule has 0 aromatic heterocycles. The molecule has 2 aliphatic carbocycles. The quantitative estimate of drug-likeness (QED) is 0.309. The predicted molar refractivity (Wildman–Crippen MR) is 111 cm³/mol. The average molecular weight is 430 g/mol. The molecular formula is C23H46NNb-3. The van der Waals surface area contributed by atoms with E-state index in [4.69, 9.17) is 0 Å². The van der Waals surface area contributed by atoms with Gasteiger partial charge in [-0.15, -0.1) is 0 Å². The molecule has 1 nitrogen and oxygen atoms in total. The molecule has 0 aliphatic heterocycles. The van der Waals surface area contributed by atoms with E-state index in [1.807, 2.05) is 6.92 Å². The van der Waals surface area contributed by atoms with Crippen LogP contribution in [-0.4, -0.2) is 5.54 Å². The summed E-state index contributed by atoms with van der Waals surface area (Å²) in [7, 11) is 0. The van der Waals surface area contributed by atoms with E-state index in [0.29, 0.717) is 0 Å². The molecule has 2 saturated carbocycles. The molecule has 25 heavy (non-hydrogen) atoms. The van der Waals surface area contributed by atoms with Gasteiger partial charge in [-0.25, -0.2) is 0 Å². The SMILES string of the molecule is CC(C)(C)[N]=[Nb].CCC1CC[CH-]CC1.CCC1CC[CH-]CC1.[CH2-]CC. The summed E-state index contributed by atoms with van der Waals surface area (Å²) < 4.78 is 4.07. The number of hydrogen-bond acceptors (Lipinski definition) is 1. The van der Waals surface area contributed by atoms with Crippen molar-refractivity contribution in [3.8, 4) is 0 Å². The van der Waals surface area contributed by atoms with Crippen LogP contribution in [-0.2, 0) is 20.9 Å². The molecule has 0 heterocycles. The van der Waals surface area contributed by atoms with E-state index >= 15 is 0 Å². The first-order chi connectivity index (χ1) is 11.8. The summed E-state index contributed by atoms with van der Waals surface area (Å²) in [5.74, 6) is 2.11. The first kappa shape index (κ1) is 27.8. The van der Waals surface area contributed by atoms with Gasteiger partial charge in [0.25, 0.3) is 0 Å². The van der Waals surface area contributed by atoms with Gasteiger partial charge in [0, 0.05) is 0 Å². The van der Waals surface area contributed by atoms with E-state index in [9.17, 15) is 0 Å². The predicted octanol–water partition coefficient (Wildman–Crippen LogP) is 8.33. The maximum Gasteiger partial charge on any atom is -0.0465 e. The van der Waals surface area contributed by atoms with Crippen molar-refractivity contribution in [2.75, 3.05) is 0 Å². The molecule has 0 amide bonds. The monoisotopic (exact) mass is 429 g/mol. The fraction of sp³-hybridized carbons (Fsp3) is 0.870. The Labute approximate surface area is 173 Å². The van der Waals surface area contributed by atoms with Crippen molar-refractivity contribution in [2.45, 2.75) is 118 Å². The second-order valence-corrected chi connectivity index (χ2v) is 8.70. The third-order valence-corrected chi connectivity index (χ3v) is 6.05. The second-order valence-electron chi connectivity index (χ2n) is 8.21. The van der Waals surface area contributed by atoms with Gasteiger partial charge in [-0.05, 0) is 11.8 Å². The second kappa shape index (κ2) is 19.3. The zero-order valence-corrected chi connectivity index (χ0v) is 20.4. The van der Waals surface area contributed by atoms with Crippen molar-refractivity contribution in [1.29, 1.82) is 0 Å². The fourth-order valence-electron chi connectivity index (χ4n) is 2.81. The fourth-order valence-corrected chi connectivity index (χ4v) is 2.81. The molecule has 0 atom stereocenters. The molecule has 2 fully saturated rings. The maximum absolute atomic E-state index is 4.07. The van der Waals surface area contributed by atoms with Gasteiger partial charge >= 0.3 is 50.5 Å². The van der Waals surface area contributed by atoms with Crippen molar-refractivity contribution in [3.05, 3.63) is 19.8 Å². The molecule has 0 aromatic carbocycles. The molecule has 0 N–H and O–H groups in total. The van der Waals surface area contributed by atoms with Crippen LogP contribution in [0.25, 0.3) is 0 Å². The normalized spacial score (nSPS) is 18.5. The smallest absolute Gasteiger partial charge is 0.0465 e. The Kier molecular flexibility index (Phi) is 21.4. The van der Waals surface area contributed by atoms with Crippen LogP contribution in [0.1, 0.15) is 112 Å². The minimum Gasteiger partial charge on any atom is -0.344 e. The first-order valence-electron chi connectivity index (χ1n) is 10.6. The van der Waals surface area contributed by atoms with Crippen LogP contribution in [0, 0.1) is 31.6 Å². The summed E-state index contributed by atoms with van der Waals surface area (Å²) in [6, 6.07) is 0. The Morgan fingerprint density at radius 2 is 1.08 bits per heavy atom. The Morgan fingerprint density at radius 3 is 1.20 bits per heavy atom. The minimum absolute atomic E-state index is 0.189. The molecule has 0 aromatic rings. The van der Waals surface area contributed by atoms with Crippen molar-refractivity contribution < 1.29 is 20.9 Å². The largest absolute Gasteiger partial charge is 0.344 e. The molecule has 2 rings (SSSR count). The van der Waals surface area contributed by atoms with Gasteiger partial charge in [-0.3, -0.25) is 0 Å². The van der Waals surface area contributed by atoms with Gasteiger partial charge < -0.3 is 19.8 Å². The number of nitrogens with zero attached hydrogens (tertiary/aromatic N) is 1. The third kappa shape index (κ3) is 22.5. The van der Waals surface area contributed by atoms with E-state index in [0.717, 1.165) is 18.3 Å². The molecule has 2 aliphatic rings. The maximum atomic E-state index is 4.07. The summed E-state index contributed by atoms with van der Waals surface area (Å²) >= 11 is 1.52.